The summed E-state index contributed by atoms with van der Waals surface area (Å²) in [6, 6.07) is 2.29. The molecule has 0 saturated carbocycles. The highest BCUT2D eigenvalue weighted by Gasteiger charge is 2.14. The van der Waals surface area contributed by atoms with Crippen molar-refractivity contribution in [3.05, 3.63) is 33.0 Å². The molecule has 0 bridgehead atoms. The third-order valence-corrected chi connectivity index (χ3v) is 3.57. The van der Waals surface area contributed by atoms with Gasteiger partial charge < -0.3 is 11.5 Å². The lowest BCUT2D eigenvalue weighted by Crippen LogP contribution is -2.15. The van der Waals surface area contributed by atoms with E-state index in [1.807, 2.05) is 0 Å². The van der Waals surface area contributed by atoms with Crippen molar-refractivity contribution in [2.24, 2.45) is 11.5 Å². The maximum Gasteiger partial charge on any atom is 0.217 e. The monoisotopic (exact) mass is 322 g/mol. The van der Waals surface area contributed by atoms with Crippen molar-refractivity contribution in [2.75, 3.05) is 0 Å². The van der Waals surface area contributed by atoms with E-state index in [0.29, 0.717) is 27.9 Å². The Labute approximate surface area is 112 Å². The first-order valence-electron chi connectivity index (χ1n) is 5.10. The largest absolute Gasteiger partial charge is 0.370 e. The molecule has 1 rings (SSSR count). The maximum atomic E-state index is 13.6. The molecule has 0 saturated heterocycles. The van der Waals surface area contributed by atoms with Crippen LogP contribution in [0.25, 0.3) is 0 Å². The zero-order valence-electron chi connectivity index (χ0n) is 9.05. The number of rotatable bonds is 5. The molecular formula is C11H13BrClFN2O. The summed E-state index contributed by atoms with van der Waals surface area (Å²) in [7, 11) is 0. The summed E-state index contributed by atoms with van der Waals surface area (Å²) in [6.45, 7) is 0. The fourth-order valence-electron chi connectivity index (χ4n) is 1.47. The molecule has 3 nitrogen and oxygen atoms in total. The van der Waals surface area contributed by atoms with Gasteiger partial charge in [0, 0.05) is 22.5 Å². The third-order valence-electron chi connectivity index (χ3n) is 2.38. The fourth-order valence-corrected chi connectivity index (χ4v) is 1.96. The van der Waals surface area contributed by atoms with Gasteiger partial charge in [-0.05, 0) is 40.9 Å². The van der Waals surface area contributed by atoms with Crippen molar-refractivity contribution in [1.29, 1.82) is 0 Å². The molecule has 94 valence electrons. The Morgan fingerprint density at radius 2 is 2.18 bits per heavy atom. The second-order valence-corrected chi connectivity index (χ2v) is 5.01. The minimum atomic E-state index is -0.486. The maximum absolute atomic E-state index is 13.6. The zero-order valence-corrected chi connectivity index (χ0v) is 11.4. The highest BCUT2D eigenvalue weighted by Crippen LogP contribution is 2.29. The Kier molecular flexibility index (Phi) is 5.36. The number of hydrogen-bond acceptors (Lipinski definition) is 2. The summed E-state index contributed by atoms with van der Waals surface area (Å²) in [4.78, 5) is 10.6. The van der Waals surface area contributed by atoms with Crippen molar-refractivity contribution < 1.29 is 9.18 Å². The quantitative estimate of drug-likeness (QED) is 0.818. The second-order valence-electron chi connectivity index (χ2n) is 3.75. The normalized spacial score (nSPS) is 12.5. The molecule has 0 spiro atoms. The van der Waals surface area contributed by atoms with Crippen molar-refractivity contribution in [3.63, 3.8) is 0 Å². The van der Waals surface area contributed by atoms with E-state index in [4.69, 9.17) is 23.1 Å². The van der Waals surface area contributed by atoms with Gasteiger partial charge in [-0.3, -0.25) is 4.79 Å². The van der Waals surface area contributed by atoms with Gasteiger partial charge in [0.1, 0.15) is 5.82 Å². The van der Waals surface area contributed by atoms with Crippen LogP contribution in [0.1, 0.15) is 30.9 Å². The molecule has 1 amide bonds. The third kappa shape index (κ3) is 4.26. The molecule has 0 aromatic heterocycles. The van der Waals surface area contributed by atoms with Gasteiger partial charge in [0.15, 0.2) is 0 Å². The number of nitrogens with two attached hydrogens (primary N) is 2. The Bertz CT molecular complexity index is 428. The minimum Gasteiger partial charge on any atom is -0.370 e. The Morgan fingerprint density at radius 3 is 2.76 bits per heavy atom. The highest BCUT2D eigenvalue weighted by atomic mass is 79.9. The average molecular weight is 324 g/mol. The molecule has 0 aliphatic heterocycles. The van der Waals surface area contributed by atoms with Crippen LogP contribution < -0.4 is 11.5 Å². The van der Waals surface area contributed by atoms with Gasteiger partial charge in [0.25, 0.3) is 0 Å². The first kappa shape index (κ1) is 14.4. The molecule has 1 atom stereocenters. The number of primary amides is 1. The second kappa shape index (κ2) is 6.33. The molecule has 17 heavy (non-hydrogen) atoms. The Hall–Kier alpha value is -0.650. The van der Waals surface area contributed by atoms with Gasteiger partial charge in [-0.15, -0.1) is 0 Å². The van der Waals surface area contributed by atoms with Crippen LogP contribution in [0.15, 0.2) is 16.6 Å². The van der Waals surface area contributed by atoms with Crippen LogP contribution in [0, 0.1) is 5.82 Å². The molecule has 6 heteroatoms. The average Bonchev–Trinajstić information content (AvgIpc) is 2.22. The molecule has 1 unspecified atom stereocenters. The Balaban J connectivity index is 2.71. The number of carbonyl (C=O) groups is 1. The lowest BCUT2D eigenvalue weighted by Gasteiger charge is -2.13. The summed E-state index contributed by atoms with van der Waals surface area (Å²) in [5, 5.41) is 0.409. The molecular weight excluding hydrogens is 310 g/mol. The summed E-state index contributed by atoms with van der Waals surface area (Å²) >= 11 is 9.00. The lowest BCUT2D eigenvalue weighted by molar-refractivity contribution is -0.118. The van der Waals surface area contributed by atoms with Gasteiger partial charge >= 0.3 is 0 Å². The predicted molar refractivity (Wildman–Crippen MR) is 69.1 cm³/mol. The zero-order chi connectivity index (χ0) is 13.0. The van der Waals surface area contributed by atoms with E-state index in [1.165, 1.54) is 12.1 Å². The van der Waals surface area contributed by atoms with E-state index in [-0.39, 0.29) is 12.3 Å². The van der Waals surface area contributed by atoms with Crippen LogP contribution in [0.4, 0.5) is 4.39 Å². The number of benzene rings is 1. The molecule has 4 N–H and O–H groups in total. The van der Waals surface area contributed by atoms with Crippen molar-refractivity contribution in [2.45, 2.75) is 25.3 Å². The molecule has 0 heterocycles. The van der Waals surface area contributed by atoms with E-state index >= 15 is 0 Å². The number of carbonyl (C=O) groups excluding carboxylic acids is 1. The van der Waals surface area contributed by atoms with E-state index in [9.17, 15) is 9.18 Å². The lowest BCUT2D eigenvalue weighted by atomic mass is 10.0. The van der Waals surface area contributed by atoms with Crippen molar-refractivity contribution >= 4 is 33.4 Å². The van der Waals surface area contributed by atoms with Crippen molar-refractivity contribution in [3.8, 4) is 0 Å². The molecule has 0 aliphatic carbocycles. The predicted octanol–water partition coefficient (Wildman–Crippen LogP) is 2.90. The number of hydrogen-bond donors (Lipinski definition) is 2. The van der Waals surface area contributed by atoms with Crippen LogP contribution >= 0.6 is 27.5 Å². The van der Waals surface area contributed by atoms with Crippen LogP contribution in [0.2, 0.25) is 5.02 Å². The summed E-state index contributed by atoms with van der Waals surface area (Å²) in [5.41, 5.74) is 11.2. The van der Waals surface area contributed by atoms with Gasteiger partial charge in [-0.2, -0.15) is 0 Å². The molecule has 0 aliphatic rings. The standard InChI is InChI=1S/C11H13BrClFN2O/c12-7-5-9(14)6(4-8(7)13)10(15)2-1-3-11(16)17/h4-5,10H,1-3,15H2,(H2,16,17). The van der Waals surface area contributed by atoms with E-state index in [1.54, 1.807) is 0 Å². The minimum absolute atomic E-state index is 0.250. The van der Waals surface area contributed by atoms with Crippen LogP contribution in [0.3, 0.4) is 0 Å². The first-order valence-corrected chi connectivity index (χ1v) is 6.27. The van der Waals surface area contributed by atoms with Crippen LogP contribution in [-0.2, 0) is 4.79 Å². The SMILES string of the molecule is NC(=O)CCCC(N)c1cc(Cl)c(Br)cc1F. The van der Waals surface area contributed by atoms with Gasteiger partial charge in [0.2, 0.25) is 5.91 Å². The molecule has 0 fully saturated rings. The van der Waals surface area contributed by atoms with Gasteiger partial charge in [0.05, 0.1) is 5.02 Å². The van der Waals surface area contributed by atoms with Crippen LogP contribution in [0.5, 0.6) is 0 Å². The molecule has 0 radical (unpaired) electrons. The fraction of sp³-hybridized carbons (Fsp3) is 0.364. The van der Waals surface area contributed by atoms with E-state index in [0.717, 1.165) is 0 Å². The van der Waals surface area contributed by atoms with Crippen molar-refractivity contribution in [1.82, 2.24) is 0 Å². The molecule has 1 aromatic carbocycles. The summed E-state index contributed by atoms with van der Waals surface area (Å²) in [5.74, 6) is -0.792. The topological polar surface area (TPSA) is 69.1 Å². The van der Waals surface area contributed by atoms with E-state index < -0.39 is 11.9 Å². The number of halogens is 3. The number of amides is 1. The Morgan fingerprint density at radius 1 is 1.53 bits per heavy atom. The van der Waals surface area contributed by atoms with Crippen LogP contribution in [-0.4, -0.2) is 5.91 Å². The van der Waals surface area contributed by atoms with Gasteiger partial charge in [-0.1, -0.05) is 11.6 Å². The summed E-state index contributed by atoms with van der Waals surface area (Å²) in [6.07, 6.45) is 1.26. The highest BCUT2D eigenvalue weighted by molar-refractivity contribution is 9.10. The smallest absolute Gasteiger partial charge is 0.217 e. The summed E-state index contributed by atoms with van der Waals surface area (Å²) < 4.78 is 14.1. The van der Waals surface area contributed by atoms with Gasteiger partial charge in [-0.25, -0.2) is 4.39 Å². The van der Waals surface area contributed by atoms with E-state index in [2.05, 4.69) is 15.9 Å². The first-order chi connectivity index (χ1) is 7.91. The molecule has 1 aromatic rings.